The third-order valence-electron chi connectivity index (χ3n) is 8.22. The van der Waals surface area contributed by atoms with Gasteiger partial charge in [0.05, 0.1) is 24.1 Å². The number of sulfonamides is 1. The first kappa shape index (κ1) is 28.2. The molecule has 2 aliphatic heterocycles. The van der Waals surface area contributed by atoms with Gasteiger partial charge in [0.15, 0.2) is 0 Å². The number of fused-ring (bicyclic) bond motifs is 3. The number of hydrogen-bond donors (Lipinski definition) is 2. The lowest BCUT2D eigenvalue weighted by atomic mass is 9.94. The van der Waals surface area contributed by atoms with E-state index in [0.717, 1.165) is 18.9 Å². The minimum atomic E-state index is -4.22. The summed E-state index contributed by atoms with van der Waals surface area (Å²) in [6, 6.07) is 17.4. The molecule has 0 saturated carbocycles. The Labute approximate surface area is 244 Å². The summed E-state index contributed by atoms with van der Waals surface area (Å²) in [6.07, 6.45) is 2.37. The van der Waals surface area contributed by atoms with E-state index in [1.165, 1.54) is 47.5 Å². The maximum Gasteiger partial charge on any atom is 0.264 e. The minimum absolute atomic E-state index is 0.0526. The Morgan fingerprint density at radius 3 is 2.48 bits per heavy atom. The maximum atomic E-state index is 14.1. The number of amides is 2. The predicted octanol–water partition coefficient (Wildman–Crippen LogP) is 3.68. The van der Waals surface area contributed by atoms with E-state index in [-0.39, 0.29) is 60.0 Å². The first-order valence-corrected chi connectivity index (χ1v) is 15.5. The molecule has 2 N–H and O–H groups in total. The van der Waals surface area contributed by atoms with Gasteiger partial charge in [-0.05, 0) is 67.1 Å². The van der Waals surface area contributed by atoms with Gasteiger partial charge in [-0.1, -0.05) is 36.4 Å². The molecule has 9 nitrogen and oxygen atoms in total. The van der Waals surface area contributed by atoms with Gasteiger partial charge in [-0.3, -0.25) is 14.3 Å². The summed E-state index contributed by atoms with van der Waals surface area (Å²) in [5, 5.41) is 3.15. The van der Waals surface area contributed by atoms with E-state index in [4.69, 9.17) is 9.47 Å². The van der Waals surface area contributed by atoms with Crippen molar-refractivity contribution >= 4 is 27.5 Å². The van der Waals surface area contributed by atoms with Crippen molar-refractivity contribution in [3.8, 4) is 5.75 Å². The molecule has 220 valence electrons. The molecule has 3 aromatic carbocycles. The van der Waals surface area contributed by atoms with Gasteiger partial charge in [-0.15, -0.1) is 0 Å². The van der Waals surface area contributed by atoms with Crippen molar-refractivity contribution in [3.63, 3.8) is 0 Å². The average Bonchev–Trinajstić information content (AvgIpc) is 3.37. The summed E-state index contributed by atoms with van der Waals surface area (Å²) in [5.41, 5.74) is 2.84. The Bertz CT molecular complexity index is 1610. The van der Waals surface area contributed by atoms with Gasteiger partial charge < -0.3 is 19.7 Å². The van der Waals surface area contributed by atoms with Crippen LogP contribution in [0.2, 0.25) is 0 Å². The molecule has 1 aliphatic carbocycles. The molecule has 2 heterocycles. The zero-order chi connectivity index (χ0) is 29.4. The van der Waals surface area contributed by atoms with Crippen molar-refractivity contribution < 1.29 is 31.9 Å². The SMILES string of the molecule is CN1C(=O)c2cc(NS(=O)(=O)c3ccccc3F)ccc2OC[C@@H]2O[C@H](CC(=O)NC3Cc4ccccc4C3)CC[C@H]21. The molecule has 1 fully saturated rings. The second kappa shape index (κ2) is 11.4. The van der Waals surface area contributed by atoms with Crippen LogP contribution in [0.25, 0.3) is 0 Å². The Kier molecular flexibility index (Phi) is 7.63. The Morgan fingerprint density at radius 2 is 1.74 bits per heavy atom. The Hall–Kier alpha value is -3.96. The van der Waals surface area contributed by atoms with E-state index in [1.807, 2.05) is 12.1 Å². The van der Waals surface area contributed by atoms with E-state index in [1.54, 1.807) is 11.9 Å². The second-order valence-corrected chi connectivity index (χ2v) is 12.7. The highest BCUT2D eigenvalue weighted by Crippen LogP contribution is 2.33. The van der Waals surface area contributed by atoms with Crippen LogP contribution in [-0.4, -0.2) is 63.1 Å². The molecule has 0 radical (unpaired) electrons. The van der Waals surface area contributed by atoms with Crippen LogP contribution in [0.5, 0.6) is 5.75 Å². The molecule has 0 spiro atoms. The number of ether oxygens (including phenoxy) is 2. The first-order chi connectivity index (χ1) is 20.2. The Morgan fingerprint density at radius 1 is 1.02 bits per heavy atom. The zero-order valence-corrected chi connectivity index (χ0v) is 23.9. The van der Waals surface area contributed by atoms with Gasteiger partial charge in [0.2, 0.25) is 5.91 Å². The van der Waals surface area contributed by atoms with Crippen LogP contribution in [0.15, 0.2) is 71.6 Å². The maximum absolute atomic E-state index is 14.1. The van der Waals surface area contributed by atoms with Crippen LogP contribution in [0.4, 0.5) is 10.1 Å². The highest BCUT2D eigenvalue weighted by Gasteiger charge is 2.39. The van der Waals surface area contributed by atoms with Crippen molar-refractivity contribution in [1.29, 1.82) is 0 Å². The number of benzene rings is 3. The molecule has 3 aromatic rings. The van der Waals surface area contributed by atoms with E-state index in [9.17, 15) is 22.4 Å². The van der Waals surface area contributed by atoms with Crippen molar-refractivity contribution in [3.05, 3.63) is 89.2 Å². The lowest BCUT2D eigenvalue weighted by Gasteiger charge is -2.42. The first-order valence-electron chi connectivity index (χ1n) is 14.0. The quantitative estimate of drug-likeness (QED) is 0.451. The third-order valence-corrected chi connectivity index (χ3v) is 9.63. The summed E-state index contributed by atoms with van der Waals surface area (Å²) in [7, 11) is -2.54. The van der Waals surface area contributed by atoms with Gasteiger partial charge in [0, 0.05) is 18.8 Å². The van der Waals surface area contributed by atoms with Crippen LogP contribution in [-0.2, 0) is 32.4 Å². The molecule has 6 rings (SSSR count). The zero-order valence-electron chi connectivity index (χ0n) is 23.1. The lowest BCUT2D eigenvalue weighted by molar-refractivity contribution is -0.134. The second-order valence-electron chi connectivity index (χ2n) is 11.1. The summed E-state index contributed by atoms with van der Waals surface area (Å²) in [4.78, 5) is 27.5. The fourth-order valence-corrected chi connectivity index (χ4v) is 7.25. The van der Waals surface area contributed by atoms with Gasteiger partial charge in [-0.2, -0.15) is 0 Å². The van der Waals surface area contributed by atoms with Crippen LogP contribution in [0.1, 0.15) is 40.7 Å². The Balaban J connectivity index is 1.11. The van der Waals surface area contributed by atoms with Gasteiger partial charge in [0.25, 0.3) is 15.9 Å². The molecule has 2 amide bonds. The lowest BCUT2D eigenvalue weighted by Crippen LogP contribution is -2.54. The number of carbonyl (C=O) groups excluding carboxylic acids is 2. The van der Waals surface area contributed by atoms with Crippen LogP contribution in [0.3, 0.4) is 0 Å². The number of carbonyl (C=O) groups is 2. The van der Waals surface area contributed by atoms with Crippen LogP contribution in [0, 0.1) is 5.82 Å². The number of likely N-dealkylation sites (N-methyl/N-ethyl adjacent to an activating group) is 1. The molecule has 1 saturated heterocycles. The monoisotopic (exact) mass is 593 g/mol. The molecule has 3 aliphatic rings. The summed E-state index contributed by atoms with van der Waals surface area (Å²) in [5.74, 6) is -1.00. The number of nitrogens with one attached hydrogen (secondary N) is 2. The normalized spacial score (nSPS) is 22.2. The topological polar surface area (TPSA) is 114 Å². The number of nitrogens with zero attached hydrogens (tertiary/aromatic N) is 1. The number of hydrogen-bond acceptors (Lipinski definition) is 6. The molecule has 0 aromatic heterocycles. The molecule has 3 atom stereocenters. The van der Waals surface area contributed by atoms with E-state index in [2.05, 4.69) is 22.2 Å². The van der Waals surface area contributed by atoms with Gasteiger partial charge in [0.1, 0.15) is 29.2 Å². The van der Waals surface area contributed by atoms with Gasteiger partial charge >= 0.3 is 0 Å². The van der Waals surface area contributed by atoms with Crippen molar-refractivity contribution in [2.75, 3.05) is 18.4 Å². The standard InChI is InChI=1S/C31H32FN3O6S/c1-35-26-12-11-23(17-30(36)33-22-14-19-6-2-3-7-20(19)15-22)41-28(26)18-40-27-13-10-21(16-24(27)31(35)37)34-42(38,39)29-9-5-4-8-25(29)32/h2-10,13,16,22-23,26,28,34H,11-12,14-15,17-18H2,1H3,(H,33,36)/t23-,26+,28-/m0/s1. The molecular weight excluding hydrogens is 561 g/mol. The van der Waals surface area contributed by atoms with Gasteiger partial charge in [-0.25, -0.2) is 12.8 Å². The highest BCUT2D eigenvalue weighted by atomic mass is 32.2. The smallest absolute Gasteiger partial charge is 0.264 e. The van der Waals surface area contributed by atoms with Crippen molar-refractivity contribution in [2.24, 2.45) is 0 Å². The molecule has 42 heavy (non-hydrogen) atoms. The number of halogens is 1. The summed E-state index contributed by atoms with van der Waals surface area (Å²) >= 11 is 0. The molecule has 0 unspecified atom stereocenters. The molecule has 0 bridgehead atoms. The number of anilines is 1. The van der Waals surface area contributed by atoms with E-state index in [0.29, 0.717) is 12.8 Å². The summed E-state index contributed by atoms with van der Waals surface area (Å²) in [6.45, 7) is 0.158. The highest BCUT2D eigenvalue weighted by molar-refractivity contribution is 7.92. The molecular formula is C31H32FN3O6S. The van der Waals surface area contributed by atoms with E-state index >= 15 is 0 Å². The average molecular weight is 594 g/mol. The van der Waals surface area contributed by atoms with Crippen LogP contribution < -0.4 is 14.8 Å². The van der Waals surface area contributed by atoms with E-state index < -0.39 is 26.8 Å². The molecule has 11 heteroatoms. The van der Waals surface area contributed by atoms with Crippen LogP contribution >= 0.6 is 0 Å². The fourth-order valence-electron chi connectivity index (χ4n) is 6.12. The minimum Gasteiger partial charge on any atom is -0.490 e. The third kappa shape index (κ3) is 5.71. The summed E-state index contributed by atoms with van der Waals surface area (Å²) < 4.78 is 54.3. The number of rotatable bonds is 6. The fraction of sp³-hybridized carbons (Fsp3) is 0.355. The predicted molar refractivity (Wildman–Crippen MR) is 153 cm³/mol. The largest absolute Gasteiger partial charge is 0.490 e. The van der Waals surface area contributed by atoms with Crippen molar-refractivity contribution in [2.45, 2.75) is 61.3 Å². The van der Waals surface area contributed by atoms with Crippen molar-refractivity contribution in [1.82, 2.24) is 10.2 Å².